The van der Waals surface area contributed by atoms with E-state index >= 15 is 0 Å². The maximum atomic E-state index is 13.1. The predicted octanol–water partition coefficient (Wildman–Crippen LogP) is 3.55. The molecule has 0 spiro atoms. The maximum absolute atomic E-state index is 13.1. The van der Waals surface area contributed by atoms with Crippen LogP contribution < -0.4 is 10.2 Å². The van der Waals surface area contributed by atoms with Crippen molar-refractivity contribution in [2.45, 2.75) is 25.9 Å². The zero-order valence-electron chi connectivity index (χ0n) is 19.2. The number of aryl methyl sites for hydroxylation is 2. The van der Waals surface area contributed by atoms with E-state index in [9.17, 15) is 22.8 Å². The number of anilines is 2. The molecule has 0 radical (unpaired) electrons. The van der Waals surface area contributed by atoms with Crippen molar-refractivity contribution >= 4 is 23.2 Å². The average Bonchev–Trinajstić information content (AvgIpc) is 2.79. The first-order valence-electron chi connectivity index (χ1n) is 11.5. The molecule has 1 N–H and O–H groups in total. The van der Waals surface area contributed by atoms with Gasteiger partial charge in [0.05, 0.1) is 24.3 Å². The van der Waals surface area contributed by atoms with E-state index in [1.54, 1.807) is 4.90 Å². The van der Waals surface area contributed by atoms with Gasteiger partial charge in [-0.15, -0.1) is 0 Å². The van der Waals surface area contributed by atoms with Crippen molar-refractivity contribution in [3.8, 4) is 0 Å². The molecule has 0 bridgehead atoms. The minimum absolute atomic E-state index is 0.0208. The first kappa shape index (κ1) is 24.1. The van der Waals surface area contributed by atoms with Crippen molar-refractivity contribution in [3.63, 3.8) is 0 Å². The Bertz CT molecular complexity index is 1050. The summed E-state index contributed by atoms with van der Waals surface area (Å²) in [4.78, 5) is 31.1. The monoisotopic (exact) mass is 474 g/mol. The molecule has 2 heterocycles. The standard InChI is InChI=1S/C25H29F3N4O2/c1-18-8-9-22-19(15-18)5-4-10-32(22)17-24(34)31-13-11-30(12-14-31)16-23(33)29-21-7-3-2-6-20(21)25(26,27)28/h2-3,6-9,15H,4-5,10-14,16-17H2,1H3,(H,29,33). The van der Waals surface area contributed by atoms with Crippen molar-refractivity contribution < 1.29 is 22.8 Å². The fourth-order valence-corrected chi connectivity index (χ4v) is 4.62. The topological polar surface area (TPSA) is 55.9 Å². The number of halogens is 3. The molecule has 0 atom stereocenters. The van der Waals surface area contributed by atoms with Gasteiger partial charge in [-0.3, -0.25) is 14.5 Å². The Morgan fingerprint density at radius 2 is 1.71 bits per heavy atom. The molecule has 2 aromatic rings. The highest BCUT2D eigenvalue weighted by Crippen LogP contribution is 2.34. The number of hydrogen-bond donors (Lipinski definition) is 1. The van der Waals surface area contributed by atoms with Gasteiger partial charge in [0.2, 0.25) is 11.8 Å². The summed E-state index contributed by atoms with van der Waals surface area (Å²) in [7, 11) is 0. The number of fused-ring (bicyclic) bond motifs is 1. The number of nitrogens with zero attached hydrogens (tertiary/aromatic N) is 3. The van der Waals surface area contributed by atoms with Crippen LogP contribution in [0.3, 0.4) is 0 Å². The van der Waals surface area contributed by atoms with E-state index in [1.165, 1.54) is 29.3 Å². The normalized spacial score (nSPS) is 16.8. The van der Waals surface area contributed by atoms with E-state index in [2.05, 4.69) is 35.3 Å². The molecule has 2 aromatic carbocycles. The van der Waals surface area contributed by atoms with Crippen LogP contribution in [0.25, 0.3) is 0 Å². The highest BCUT2D eigenvalue weighted by Gasteiger charge is 2.34. The van der Waals surface area contributed by atoms with Crippen LogP contribution >= 0.6 is 0 Å². The first-order chi connectivity index (χ1) is 16.2. The number of amides is 2. The third kappa shape index (κ3) is 5.70. The van der Waals surface area contributed by atoms with Crippen LogP contribution in [0.4, 0.5) is 24.5 Å². The van der Waals surface area contributed by atoms with E-state index in [0.29, 0.717) is 32.7 Å². The molecule has 2 aliphatic rings. The van der Waals surface area contributed by atoms with Crippen LogP contribution in [-0.2, 0) is 22.2 Å². The third-order valence-electron chi connectivity index (χ3n) is 6.37. The molecular formula is C25H29F3N4O2. The maximum Gasteiger partial charge on any atom is 0.418 e. The van der Waals surface area contributed by atoms with Crippen LogP contribution in [0.2, 0.25) is 0 Å². The van der Waals surface area contributed by atoms with E-state index in [1.807, 2.05) is 4.90 Å². The number of hydrogen-bond acceptors (Lipinski definition) is 4. The van der Waals surface area contributed by atoms with Crippen molar-refractivity contribution in [1.29, 1.82) is 0 Å². The number of carbonyl (C=O) groups excluding carboxylic acids is 2. The number of rotatable bonds is 5. The molecular weight excluding hydrogens is 445 g/mol. The van der Waals surface area contributed by atoms with E-state index in [4.69, 9.17) is 0 Å². The second-order valence-electron chi connectivity index (χ2n) is 8.91. The SMILES string of the molecule is Cc1ccc2c(c1)CCCN2CC(=O)N1CCN(CC(=O)Nc2ccccc2C(F)(F)F)CC1. The molecule has 2 amide bonds. The van der Waals surface area contributed by atoms with Gasteiger partial charge in [-0.05, 0) is 43.5 Å². The Hall–Kier alpha value is -3.07. The summed E-state index contributed by atoms with van der Waals surface area (Å²) in [5, 5.41) is 2.38. The number of carbonyl (C=O) groups is 2. The lowest BCUT2D eigenvalue weighted by Crippen LogP contribution is -2.52. The Kier molecular flexibility index (Phi) is 7.11. The molecule has 0 unspecified atom stereocenters. The van der Waals surface area contributed by atoms with Gasteiger partial charge in [-0.25, -0.2) is 0 Å². The molecule has 4 rings (SSSR count). The van der Waals surface area contributed by atoms with Crippen LogP contribution in [0.15, 0.2) is 42.5 Å². The smallest absolute Gasteiger partial charge is 0.362 e. The summed E-state index contributed by atoms with van der Waals surface area (Å²) in [5.74, 6) is -0.451. The molecule has 0 saturated carbocycles. The van der Waals surface area contributed by atoms with Crippen molar-refractivity contribution in [2.75, 3.05) is 56.0 Å². The quantitative estimate of drug-likeness (QED) is 0.720. The van der Waals surface area contributed by atoms with E-state index in [0.717, 1.165) is 31.1 Å². The molecule has 6 nitrogen and oxygen atoms in total. The van der Waals surface area contributed by atoms with Crippen LogP contribution in [0.5, 0.6) is 0 Å². The van der Waals surface area contributed by atoms with Crippen LogP contribution in [0.1, 0.15) is 23.1 Å². The summed E-state index contributed by atoms with van der Waals surface area (Å²) in [6.45, 7) is 5.18. The Morgan fingerprint density at radius 1 is 0.971 bits per heavy atom. The molecule has 1 fully saturated rings. The number of benzene rings is 2. The minimum atomic E-state index is -4.54. The number of alkyl halides is 3. The van der Waals surface area contributed by atoms with Crippen LogP contribution in [-0.4, -0.2) is 67.4 Å². The molecule has 1 saturated heterocycles. The number of nitrogens with one attached hydrogen (secondary N) is 1. The van der Waals surface area contributed by atoms with Gasteiger partial charge < -0.3 is 15.1 Å². The third-order valence-corrected chi connectivity index (χ3v) is 6.37. The van der Waals surface area contributed by atoms with E-state index in [-0.39, 0.29) is 18.1 Å². The van der Waals surface area contributed by atoms with Gasteiger partial charge >= 0.3 is 6.18 Å². The highest BCUT2D eigenvalue weighted by atomic mass is 19.4. The highest BCUT2D eigenvalue weighted by molar-refractivity contribution is 5.93. The predicted molar refractivity (Wildman–Crippen MR) is 125 cm³/mol. The van der Waals surface area contributed by atoms with Gasteiger partial charge in [0, 0.05) is 38.4 Å². The van der Waals surface area contributed by atoms with E-state index < -0.39 is 17.6 Å². The van der Waals surface area contributed by atoms with Gasteiger partial charge in [-0.2, -0.15) is 13.2 Å². The van der Waals surface area contributed by atoms with Crippen molar-refractivity contribution in [1.82, 2.24) is 9.80 Å². The molecule has 182 valence electrons. The lowest BCUT2D eigenvalue weighted by Gasteiger charge is -2.37. The lowest BCUT2D eigenvalue weighted by atomic mass is 9.99. The molecule has 0 aromatic heterocycles. The zero-order chi connectivity index (χ0) is 24.3. The van der Waals surface area contributed by atoms with Crippen molar-refractivity contribution in [2.24, 2.45) is 0 Å². The number of piperazine rings is 1. The fraction of sp³-hybridized carbons (Fsp3) is 0.440. The first-order valence-corrected chi connectivity index (χ1v) is 11.5. The Labute approximate surface area is 197 Å². The summed E-state index contributed by atoms with van der Waals surface area (Å²) in [6.07, 6.45) is -2.50. The summed E-state index contributed by atoms with van der Waals surface area (Å²) < 4.78 is 39.4. The van der Waals surface area contributed by atoms with Gasteiger partial charge in [0.15, 0.2) is 0 Å². The van der Waals surface area contributed by atoms with Gasteiger partial charge in [0.1, 0.15) is 0 Å². The Balaban J connectivity index is 1.27. The second-order valence-corrected chi connectivity index (χ2v) is 8.91. The molecule has 2 aliphatic heterocycles. The minimum Gasteiger partial charge on any atom is -0.362 e. The lowest BCUT2D eigenvalue weighted by molar-refractivity contribution is -0.137. The second kappa shape index (κ2) is 10.0. The fourth-order valence-electron chi connectivity index (χ4n) is 4.62. The van der Waals surface area contributed by atoms with Crippen LogP contribution in [0, 0.1) is 6.92 Å². The molecule has 9 heteroatoms. The summed E-state index contributed by atoms with van der Waals surface area (Å²) in [6, 6.07) is 11.3. The average molecular weight is 475 g/mol. The number of para-hydroxylation sites is 1. The Morgan fingerprint density at radius 3 is 2.44 bits per heavy atom. The largest absolute Gasteiger partial charge is 0.418 e. The van der Waals surface area contributed by atoms with Gasteiger partial charge in [-0.1, -0.05) is 29.8 Å². The summed E-state index contributed by atoms with van der Waals surface area (Å²) >= 11 is 0. The molecule has 34 heavy (non-hydrogen) atoms. The summed E-state index contributed by atoms with van der Waals surface area (Å²) in [5.41, 5.74) is 2.51. The van der Waals surface area contributed by atoms with Gasteiger partial charge in [0.25, 0.3) is 0 Å². The zero-order valence-corrected chi connectivity index (χ0v) is 19.2. The molecule has 0 aliphatic carbocycles. The van der Waals surface area contributed by atoms with Crippen molar-refractivity contribution in [3.05, 3.63) is 59.2 Å².